The van der Waals surface area contributed by atoms with Gasteiger partial charge in [0.1, 0.15) is 5.56 Å². The smallest absolute Gasteiger partial charge is 0.343 e. The van der Waals surface area contributed by atoms with Gasteiger partial charge >= 0.3 is 5.97 Å². The molecule has 0 spiro atoms. The Morgan fingerprint density at radius 2 is 2.03 bits per heavy atom. The molecule has 0 atom stereocenters. The fourth-order valence-corrected chi connectivity index (χ4v) is 3.83. The lowest BCUT2D eigenvalue weighted by Gasteiger charge is -2.10. The second-order valence-corrected chi connectivity index (χ2v) is 8.22. The molecule has 0 aliphatic rings. The summed E-state index contributed by atoms with van der Waals surface area (Å²) in [5.74, 6) is -0.577. The molecule has 1 amide bonds. The Morgan fingerprint density at radius 3 is 2.76 bits per heavy atom. The maximum atomic E-state index is 12.5. The highest BCUT2D eigenvalue weighted by Crippen LogP contribution is 2.24. The third-order valence-corrected chi connectivity index (χ3v) is 6.33. The number of benzene rings is 1. The van der Waals surface area contributed by atoms with Crippen molar-refractivity contribution in [2.45, 2.75) is 33.7 Å². The molecule has 0 saturated carbocycles. The molecule has 4 aromatic rings. The number of aryl methyl sites for hydroxylation is 2. The van der Waals surface area contributed by atoms with E-state index in [9.17, 15) is 9.59 Å². The Kier molecular flexibility index (Phi) is 6.55. The van der Waals surface area contributed by atoms with Crippen LogP contribution >= 0.6 is 15.9 Å². The monoisotopic (exact) mass is 510 g/mol. The lowest BCUT2D eigenvalue weighted by molar-refractivity contribution is -0.116. The summed E-state index contributed by atoms with van der Waals surface area (Å²) in [6, 6.07) is 9.25. The minimum atomic E-state index is -0.465. The van der Waals surface area contributed by atoms with E-state index in [0.717, 1.165) is 27.1 Å². The highest BCUT2D eigenvalue weighted by atomic mass is 79.9. The van der Waals surface area contributed by atoms with Crippen LogP contribution in [0.25, 0.3) is 16.9 Å². The van der Waals surface area contributed by atoms with Crippen molar-refractivity contribution >= 4 is 39.1 Å². The SMILES string of the molecule is CCOC(=O)c1cnn2c(-c3cccc(NC(=O)CCn4nc(C)c(Br)c4C)c3)ccnc12. The van der Waals surface area contributed by atoms with Crippen molar-refractivity contribution in [1.29, 1.82) is 0 Å². The Balaban J connectivity index is 1.52. The van der Waals surface area contributed by atoms with Crippen LogP contribution in [-0.4, -0.2) is 42.9 Å². The van der Waals surface area contributed by atoms with Gasteiger partial charge in [0.25, 0.3) is 0 Å². The van der Waals surface area contributed by atoms with E-state index in [2.05, 4.69) is 36.4 Å². The van der Waals surface area contributed by atoms with E-state index < -0.39 is 5.97 Å². The molecular formula is C23H23BrN6O3. The molecule has 10 heteroatoms. The quantitative estimate of drug-likeness (QED) is 0.374. The summed E-state index contributed by atoms with van der Waals surface area (Å²) in [4.78, 5) is 29.0. The summed E-state index contributed by atoms with van der Waals surface area (Å²) in [7, 11) is 0. The van der Waals surface area contributed by atoms with Crippen LogP contribution in [0.3, 0.4) is 0 Å². The molecule has 1 aromatic carbocycles. The molecule has 3 aromatic heterocycles. The zero-order valence-corrected chi connectivity index (χ0v) is 20.1. The number of fused-ring (bicyclic) bond motifs is 1. The Labute approximate surface area is 198 Å². The number of amides is 1. The first-order chi connectivity index (χ1) is 15.9. The maximum Gasteiger partial charge on any atom is 0.343 e. The first-order valence-corrected chi connectivity index (χ1v) is 11.3. The van der Waals surface area contributed by atoms with Gasteiger partial charge in [0.2, 0.25) is 5.91 Å². The first kappa shape index (κ1) is 22.7. The molecule has 0 bridgehead atoms. The average molecular weight is 511 g/mol. The molecule has 0 radical (unpaired) electrons. The van der Waals surface area contributed by atoms with Crippen molar-refractivity contribution in [1.82, 2.24) is 24.4 Å². The van der Waals surface area contributed by atoms with Gasteiger partial charge in [-0.3, -0.25) is 9.48 Å². The van der Waals surface area contributed by atoms with Crippen LogP contribution < -0.4 is 5.32 Å². The van der Waals surface area contributed by atoms with E-state index in [4.69, 9.17) is 4.74 Å². The van der Waals surface area contributed by atoms with Crippen LogP contribution in [-0.2, 0) is 16.1 Å². The highest BCUT2D eigenvalue weighted by molar-refractivity contribution is 9.10. The summed E-state index contributed by atoms with van der Waals surface area (Å²) in [6.07, 6.45) is 3.36. The Morgan fingerprint density at radius 1 is 1.21 bits per heavy atom. The van der Waals surface area contributed by atoms with Crippen molar-refractivity contribution in [3.63, 3.8) is 0 Å². The van der Waals surface area contributed by atoms with E-state index in [1.54, 1.807) is 23.7 Å². The molecule has 9 nitrogen and oxygen atoms in total. The number of aromatic nitrogens is 5. The summed E-state index contributed by atoms with van der Waals surface area (Å²) < 4.78 is 9.46. The highest BCUT2D eigenvalue weighted by Gasteiger charge is 2.17. The van der Waals surface area contributed by atoms with Crippen LogP contribution in [0.15, 0.2) is 47.2 Å². The molecule has 3 heterocycles. The molecule has 170 valence electrons. The van der Waals surface area contributed by atoms with E-state index in [-0.39, 0.29) is 12.5 Å². The fourth-order valence-electron chi connectivity index (χ4n) is 3.54. The van der Waals surface area contributed by atoms with E-state index >= 15 is 0 Å². The van der Waals surface area contributed by atoms with Crippen LogP contribution in [0.1, 0.15) is 35.1 Å². The lowest BCUT2D eigenvalue weighted by Crippen LogP contribution is -2.15. The largest absolute Gasteiger partial charge is 0.462 e. The van der Waals surface area contributed by atoms with Gasteiger partial charge in [0.15, 0.2) is 5.65 Å². The summed E-state index contributed by atoms with van der Waals surface area (Å²) in [5.41, 5.74) is 4.82. The molecule has 0 unspecified atom stereocenters. The van der Waals surface area contributed by atoms with Crippen molar-refractivity contribution < 1.29 is 14.3 Å². The van der Waals surface area contributed by atoms with Crippen molar-refractivity contribution in [2.75, 3.05) is 11.9 Å². The minimum Gasteiger partial charge on any atom is -0.462 e. The van der Waals surface area contributed by atoms with Crippen LogP contribution in [0.2, 0.25) is 0 Å². The molecule has 1 N–H and O–H groups in total. The van der Waals surface area contributed by atoms with Crippen LogP contribution in [0, 0.1) is 13.8 Å². The molecule has 0 saturated heterocycles. The molecule has 0 fully saturated rings. The van der Waals surface area contributed by atoms with Gasteiger partial charge in [-0.25, -0.2) is 14.3 Å². The standard InChI is InChI=1S/C23H23BrN6O3/c1-4-33-23(32)18-13-26-30-19(8-10-25-22(18)30)16-6-5-7-17(12-16)27-20(31)9-11-29-15(3)21(24)14(2)28-29/h5-8,10,12-13H,4,9,11H2,1-3H3,(H,27,31). The minimum absolute atomic E-state index is 0.112. The zero-order valence-electron chi connectivity index (χ0n) is 18.5. The zero-order chi connectivity index (χ0) is 23.5. The number of hydrogen-bond acceptors (Lipinski definition) is 6. The number of hydrogen-bond donors (Lipinski definition) is 1. The van der Waals surface area contributed by atoms with Gasteiger partial charge in [0, 0.05) is 29.6 Å². The number of ether oxygens (including phenoxy) is 1. The Hall–Kier alpha value is -3.53. The van der Waals surface area contributed by atoms with Crippen molar-refractivity contribution in [3.8, 4) is 11.3 Å². The second-order valence-electron chi connectivity index (χ2n) is 7.43. The second kappa shape index (κ2) is 9.53. The van der Waals surface area contributed by atoms with Crippen molar-refractivity contribution in [3.05, 3.63) is 64.1 Å². The van der Waals surface area contributed by atoms with Gasteiger partial charge in [-0.2, -0.15) is 10.2 Å². The van der Waals surface area contributed by atoms with Gasteiger partial charge < -0.3 is 10.1 Å². The first-order valence-electron chi connectivity index (χ1n) is 10.5. The van der Waals surface area contributed by atoms with Gasteiger partial charge in [-0.15, -0.1) is 0 Å². The summed E-state index contributed by atoms with van der Waals surface area (Å²) in [6.45, 7) is 6.39. The number of carbonyl (C=O) groups is 2. The normalized spacial score (nSPS) is 11.0. The molecule has 0 aliphatic carbocycles. The topological polar surface area (TPSA) is 103 Å². The molecule has 4 rings (SSSR count). The van der Waals surface area contributed by atoms with Gasteiger partial charge in [-0.05, 0) is 54.9 Å². The fraction of sp³-hybridized carbons (Fsp3) is 0.261. The number of anilines is 1. The van der Waals surface area contributed by atoms with Gasteiger partial charge in [-0.1, -0.05) is 12.1 Å². The Bertz CT molecular complexity index is 1340. The summed E-state index contributed by atoms with van der Waals surface area (Å²) in [5, 5.41) is 11.7. The number of carbonyl (C=O) groups excluding carboxylic acids is 2. The number of nitrogens with zero attached hydrogens (tertiary/aromatic N) is 5. The number of nitrogens with one attached hydrogen (secondary N) is 1. The lowest BCUT2D eigenvalue weighted by atomic mass is 10.1. The molecule has 33 heavy (non-hydrogen) atoms. The average Bonchev–Trinajstić information content (AvgIpc) is 3.35. The third-order valence-electron chi connectivity index (χ3n) is 5.18. The number of esters is 1. The number of halogens is 1. The summed E-state index contributed by atoms with van der Waals surface area (Å²) >= 11 is 3.50. The molecular weight excluding hydrogens is 488 g/mol. The predicted octanol–water partition coefficient (Wildman–Crippen LogP) is 4.18. The van der Waals surface area contributed by atoms with E-state index in [0.29, 0.717) is 29.9 Å². The predicted molar refractivity (Wildman–Crippen MR) is 127 cm³/mol. The number of rotatable bonds is 7. The van der Waals surface area contributed by atoms with Gasteiger partial charge in [0.05, 0.1) is 35.2 Å². The van der Waals surface area contributed by atoms with E-state index in [1.807, 2.05) is 42.8 Å². The maximum absolute atomic E-state index is 12.5. The molecule has 0 aliphatic heterocycles. The van der Waals surface area contributed by atoms with E-state index in [1.165, 1.54) is 6.20 Å². The van der Waals surface area contributed by atoms with Crippen molar-refractivity contribution in [2.24, 2.45) is 0 Å². The van der Waals surface area contributed by atoms with Crippen LogP contribution in [0.4, 0.5) is 5.69 Å². The van der Waals surface area contributed by atoms with Crippen LogP contribution in [0.5, 0.6) is 0 Å². The third kappa shape index (κ3) is 4.65.